The van der Waals surface area contributed by atoms with Gasteiger partial charge in [-0.15, -0.1) is 12.3 Å². The molecule has 0 spiro atoms. The molecule has 1 aliphatic carbocycles. The molecule has 1 heteroatoms. The molecule has 0 unspecified atom stereocenters. The second-order valence-corrected chi connectivity index (χ2v) is 4.38. The fourth-order valence-corrected chi connectivity index (χ4v) is 2.36. The summed E-state index contributed by atoms with van der Waals surface area (Å²) in [5, 5.41) is 3.51. The lowest BCUT2D eigenvalue weighted by Crippen LogP contribution is -2.09. The van der Waals surface area contributed by atoms with E-state index in [0.29, 0.717) is 0 Å². The highest BCUT2D eigenvalue weighted by atomic mass is 14.9. The van der Waals surface area contributed by atoms with Crippen molar-refractivity contribution in [3.8, 4) is 12.3 Å². The van der Waals surface area contributed by atoms with Crippen LogP contribution in [-0.4, -0.2) is 6.54 Å². The van der Waals surface area contributed by atoms with Gasteiger partial charge in [-0.05, 0) is 49.3 Å². The molecule has 0 aromatic heterocycles. The molecule has 0 atom stereocenters. The van der Waals surface area contributed by atoms with Crippen molar-refractivity contribution < 1.29 is 0 Å². The van der Waals surface area contributed by atoms with E-state index in [1.807, 2.05) is 0 Å². The largest absolute Gasteiger partial charge is 0.385 e. The molecule has 0 fully saturated rings. The molecule has 1 aromatic rings. The second-order valence-electron chi connectivity index (χ2n) is 4.38. The SMILES string of the molecule is C#CCCCNc1cccc2c1CCCC2. The first-order valence-corrected chi connectivity index (χ1v) is 6.20. The zero-order valence-corrected chi connectivity index (χ0v) is 9.76. The quantitative estimate of drug-likeness (QED) is 0.597. The van der Waals surface area contributed by atoms with Gasteiger partial charge in [0, 0.05) is 18.7 Å². The van der Waals surface area contributed by atoms with Crippen molar-refractivity contribution in [2.75, 3.05) is 11.9 Å². The van der Waals surface area contributed by atoms with E-state index in [1.165, 1.54) is 42.5 Å². The molecule has 2 rings (SSSR count). The van der Waals surface area contributed by atoms with Gasteiger partial charge in [-0.2, -0.15) is 0 Å². The Bertz CT molecular complexity index is 387. The maximum atomic E-state index is 5.24. The first-order chi connectivity index (χ1) is 7.92. The maximum Gasteiger partial charge on any atom is 0.0375 e. The standard InChI is InChI=1S/C15H19N/c1-2-3-6-12-16-15-11-7-9-13-8-4-5-10-14(13)15/h1,7,9,11,16H,3-6,8,10,12H2. The van der Waals surface area contributed by atoms with E-state index in [4.69, 9.17) is 6.42 Å². The third kappa shape index (κ3) is 2.58. The van der Waals surface area contributed by atoms with Gasteiger partial charge in [-0.25, -0.2) is 0 Å². The Hall–Kier alpha value is -1.42. The van der Waals surface area contributed by atoms with E-state index in [0.717, 1.165) is 19.4 Å². The Labute approximate surface area is 98.3 Å². The van der Waals surface area contributed by atoms with E-state index in [-0.39, 0.29) is 0 Å². The predicted molar refractivity (Wildman–Crippen MR) is 69.6 cm³/mol. The summed E-state index contributed by atoms with van der Waals surface area (Å²) in [7, 11) is 0. The molecule has 1 aromatic carbocycles. The van der Waals surface area contributed by atoms with E-state index < -0.39 is 0 Å². The van der Waals surface area contributed by atoms with Crippen LogP contribution in [0.2, 0.25) is 0 Å². The van der Waals surface area contributed by atoms with Gasteiger partial charge in [0.2, 0.25) is 0 Å². The Morgan fingerprint density at radius 1 is 1.25 bits per heavy atom. The summed E-state index contributed by atoms with van der Waals surface area (Å²) in [6.07, 6.45) is 12.3. The van der Waals surface area contributed by atoms with Crippen molar-refractivity contribution in [2.45, 2.75) is 38.5 Å². The number of terminal acetylenes is 1. The van der Waals surface area contributed by atoms with Crippen LogP contribution in [0.25, 0.3) is 0 Å². The van der Waals surface area contributed by atoms with Gasteiger partial charge in [-0.1, -0.05) is 12.1 Å². The highest BCUT2D eigenvalue weighted by Crippen LogP contribution is 2.27. The summed E-state index contributed by atoms with van der Waals surface area (Å²) in [6.45, 7) is 0.987. The van der Waals surface area contributed by atoms with Crippen LogP contribution in [0.15, 0.2) is 18.2 Å². The molecule has 1 nitrogen and oxygen atoms in total. The summed E-state index contributed by atoms with van der Waals surface area (Å²) in [5.74, 6) is 2.68. The minimum absolute atomic E-state index is 0.863. The van der Waals surface area contributed by atoms with Gasteiger partial charge in [0.25, 0.3) is 0 Å². The highest BCUT2D eigenvalue weighted by Gasteiger charge is 2.11. The highest BCUT2D eigenvalue weighted by molar-refractivity contribution is 5.55. The first kappa shape index (κ1) is 11.1. The molecule has 0 amide bonds. The molecule has 0 heterocycles. The number of unbranched alkanes of at least 4 members (excludes halogenated alkanes) is 1. The molecular formula is C15H19N. The minimum Gasteiger partial charge on any atom is -0.385 e. The van der Waals surface area contributed by atoms with Crippen LogP contribution in [0, 0.1) is 12.3 Å². The van der Waals surface area contributed by atoms with Gasteiger partial charge >= 0.3 is 0 Å². The first-order valence-electron chi connectivity index (χ1n) is 6.20. The van der Waals surface area contributed by atoms with Crippen molar-refractivity contribution in [3.05, 3.63) is 29.3 Å². The van der Waals surface area contributed by atoms with Gasteiger partial charge in [-0.3, -0.25) is 0 Å². The summed E-state index contributed by atoms with van der Waals surface area (Å²) in [6, 6.07) is 6.62. The molecule has 1 N–H and O–H groups in total. The van der Waals surface area contributed by atoms with E-state index >= 15 is 0 Å². The van der Waals surface area contributed by atoms with Crippen molar-refractivity contribution in [1.82, 2.24) is 0 Å². The summed E-state index contributed by atoms with van der Waals surface area (Å²) < 4.78 is 0. The van der Waals surface area contributed by atoms with Gasteiger partial charge in [0.1, 0.15) is 0 Å². The molecule has 16 heavy (non-hydrogen) atoms. The van der Waals surface area contributed by atoms with Crippen LogP contribution in [0.4, 0.5) is 5.69 Å². The lowest BCUT2D eigenvalue weighted by molar-refractivity contribution is 0.686. The molecule has 0 saturated heterocycles. The molecule has 0 bridgehead atoms. The fourth-order valence-electron chi connectivity index (χ4n) is 2.36. The normalized spacial score (nSPS) is 13.9. The molecular weight excluding hydrogens is 194 g/mol. The number of hydrogen-bond acceptors (Lipinski definition) is 1. The van der Waals surface area contributed by atoms with Gasteiger partial charge < -0.3 is 5.32 Å². The van der Waals surface area contributed by atoms with Crippen LogP contribution in [-0.2, 0) is 12.8 Å². The third-order valence-corrected chi connectivity index (χ3v) is 3.21. The Kier molecular flexibility index (Phi) is 3.88. The smallest absolute Gasteiger partial charge is 0.0375 e. The van der Waals surface area contributed by atoms with Crippen LogP contribution < -0.4 is 5.32 Å². The van der Waals surface area contributed by atoms with Crippen molar-refractivity contribution in [2.24, 2.45) is 0 Å². The molecule has 0 radical (unpaired) electrons. The molecule has 84 valence electrons. The second kappa shape index (κ2) is 5.61. The molecule has 0 aliphatic heterocycles. The topological polar surface area (TPSA) is 12.0 Å². The average molecular weight is 213 g/mol. The van der Waals surface area contributed by atoms with Gasteiger partial charge in [0.15, 0.2) is 0 Å². The number of benzene rings is 1. The predicted octanol–water partition coefficient (Wildman–Crippen LogP) is 3.39. The average Bonchev–Trinajstić information content (AvgIpc) is 2.35. The summed E-state index contributed by atoms with van der Waals surface area (Å²) in [4.78, 5) is 0. The summed E-state index contributed by atoms with van der Waals surface area (Å²) >= 11 is 0. The van der Waals surface area contributed by atoms with Crippen molar-refractivity contribution in [3.63, 3.8) is 0 Å². The van der Waals surface area contributed by atoms with Crippen LogP contribution in [0.5, 0.6) is 0 Å². The number of nitrogens with one attached hydrogen (secondary N) is 1. The zero-order valence-electron chi connectivity index (χ0n) is 9.76. The lowest BCUT2D eigenvalue weighted by atomic mass is 9.90. The minimum atomic E-state index is 0.863. The van der Waals surface area contributed by atoms with E-state index in [9.17, 15) is 0 Å². The van der Waals surface area contributed by atoms with Gasteiger partial charge in [0.05, 0.1) is 0 Å². The summed E-state index contributed by atoms with van der Waals surface area (Å²) in [5.41, 5.74) is 4.40. The monoisotopic (exact) mass is 213 g/mol. The van der Waals surface area contributed by atoms with Crippen LogP contribution in [0.3, 0.4) is 0 Å². The molecule has 0 saturated carbocycles. The van der Waals surface area contributed by atoms with Crippen LogP contribution >= 0.6 is 0 Å². The lowest BCUT2D eigenvalue weighted by Gasteiger charge is -2.20. The number of rotatable bonds is 4. The Morgan fingerprint density at radius 2 is 2.12 bits per heavy atom. The van der Waals surface area contributed by atoms with E-state index in [1.54, 1.807) is 0 Å². The maximum absolute atomic E-state index is 5.24. The number of aryl methyl sites for hydroxylation is 1. The van der Waals surface area contributed by atoms with Crippen molar-refractivity contribution in [1.29, 1.82) is 0 Å². The Balaban J connectivity index is 2.01. The van der Waals surface area contributed by atoms with Crippen LogP contribution in [0.1, 0.15) is 36.8 Å². The molecule has 1 aliphatic rings. The fraction of sp³-hybridized carbons (Fsp3) is 0.467. The number of anilines is 1. The number of hydrogen-bond donors (Lipinski definition) is 1. The number of fused-ring (bicyclic) bond motifs is 1. The Morgan fingerprint density at radius 3 is 3.00 bits per heavy atom. The van der Waals surface area contributed by atoms with Crippen molar-refractivity contribution >= 4 is 5.69 Å². The van der Waals surface area contributed by atoms with E-state index in [2.05, 4.69) is 29.4 Å². The third-order valence-electron chi connectivity index (χ3n) is 3.21. The zero-order chi connectivity index (χ0) is 11.2.